The van der Waals surface area contributed by atoms with Crippen molar-refractivity contribution in [1.82, 2.24) is 29.5 Å². The molecule has 0 unspecified atom stereocenters. The van der Waals surface area contributed by atoms with E-state index in [1.165, 1.54) is 0 Å². The molecule has 0 aliphatic rings. The third-order valence-electron chi connectivity index (χ3n) is 4.00. The Morgan fingerprint density at radius 1 is 1.33 bits per heavy atom. The highest BCUT2D eigenvalue weighted by atomic mass is 16.2. The van der Waals surface area contributed by atoms with Gasteiger partial charge in [0.2, 0.25) is 0 Å². The van der Waals surface area contributed by atoms with Crippen LogP contribution in [0.15, 0.2) is 42.7 Å². The fourth-order valence-electron chi connectivity index (χ4n) is 2.68. The van der Waals surface area contributed by atoms with Crippen LogP contribution in [0.4, 0.5) is 4.79 Å². The summed E-state index contributed by atoms with van der Waals surface area (Å²) in [5.74, 6) is 0.855. The first-order chi connectivity index (χ1) is 11.5. The molecule has 3 rings (SSSR count). The zero-order chi connectivity index (χ0) is 17.1. The number of urea groups is 1. The Kier molecular flexibility index (Phi) is 4.50. The SMILES string of the molecule is C[C@@H](Cn1cccn1)NC(=O)N(C)Cc1nc2ccccc2n1C. The smallest absolute Gasteiger partial charge is 0.317 e. The molecule has 7 nitrogen and oxygen atoms in total. The van der Waals surface area contributed by atoms with Crippen molar-refractivity contribution in [1.29, 1.82) is 0 Å². The quantitative estimate of drug-likeness (QED) is 0.780. The van der Waals surface area contributed by atoms with Crippen LogP contribution in [0.5, 0.6) is 0 Å². The summed E-state index contributed by atoms with van der Waals surface area (Å²) >= 11 is 0. The Morgan fingerprint density at radius 2 is 2.12 bits per heavy atom. The number of nitrogens with one attached hydrogen (secondary N) is 1. The Morgan fingerprint density at radius 3 is 2.83 bits per heavy atom. The first kappa shape index (κ1) is 16.0. The third kappa shape index (κ3) is 3.40. The van der Waals surface area contributed by atoms with E-state index in [-0.39, 0.29) is 12.1 Å². The first-order valence-electron chi connectivity index (χ1n) is 7.94. The molecule has 0 saturated carbocycles. The van der Waals surface area contributed by atoms with Crippen LogP contribution in [0, 0.1) is 0 Å². The van der Waals surface area contributed by atoms with Gasteiger partial charge in [0.25, 0.3) is 0 Å². The fraction of sp³-hybridized carbons (Fsp3) is 0.353. The van der Waals surface area contributed by atoms with Gasteiger partial charge in [-0.15, -0.1) is 0 Å². The van der Waals surface area contributed by atoms with Gasteiger partial charge in [0.15, 0.2) is 0 Å². The molecular formula is C17H22N6O. The summed E-state index contributed by atoms with van der Waals surface area (Å²) < 4.78 is 3.82. The van der Waals surface area contributed by atoms with Gasteiger partial charge in [0.05, 0.1) is 24.1 Å². The van der Waals surface area contributed by atoms with Gasteiger partial charge in [-0.05, 0) is 25.1 Å². The van der Waals surface area contributed by atoms with Crippen LogP contribution in [-0.4, -0.2) is 43.4 Å². The highest BCUT2D eigenvalue weighted by molar-refractivity contribution is 5.76. The summed E-state index contributed by atoms with van der Waals surface area (Å²) in [7, 11) is 3.74. The number of para-hydroxylation sites is 2. The zero-order valence-electron chi connectivity index (χ0n) is 14.2. The van der Waals surface area contributed by atoms with Crippen LogP contribution < -0.4 is 5.32 Å². The van der Waals surface area contributed by atoms with E-state index in [4.69, 9.17) is 0 Å². The molecule has 0 saturated heterocycles. The number of benzene rings is 1. The van der Waals surface area contributed by atoms with E-state index in [0.29, 0.717) is 13.1 Å². The molecule has 126 valence electrons. The van der Waals surface area contributed by atoms with E-state index in [9.17, 15) is 4.79 Å². The molecule has 1 atom stereocenters. The summed E-state index contributed by atoms with van der Waals surface area (Å²) in [6.45, 7) is 3.05. The Hall–Kier alpha value is -2.83. The minimum absolute atomic E-state index is 0.0136. The van der Waals surface area contributed by atoms with Gasteiger partial charge in [0.1, 0.15) is 5.82 Å². The average molecular weight is 326 g/mol. The molecule has 1 aromatic carbocycles. The second-order valence-corrected chi connectivity index (χ2v) is 6.01. The van der Waals surface area contributed by atoms with Crippen LogP contribution in [0.2, 0.25) is 0 Å². The molecule has 2 heterocycles. The normalized spacial score (nSPS) is 12.3. The van der Waals surface area contributed by atoms with E-state index in [2.05, 4.69) is 15.4 Å². The van der Waals surface area contributed by atoms with Gasteiger partial charge >= 0.3 is 6.03 Å². The fourth-order valence-corrected chi connectivity index (χ4v) is 2.68. The predicted octanol–water partition coefficient (Wildman–Crippen LogP) is 2.00. The molecule has 7 heteroatoms. The standard InChI is InChI=1S/C17H22N6O/c1-13(11-23-10-6-9-18-23)19-17(24)21(2)12-16-20-14-7-4-5-8-15(14)22(16)3/h4-10,13H,11-12H2,1-3H3,(H,19,24)/t13-/m0/s1. The minimum atomic E-state index is -0.123. The van der Waals surface area contributed by atoms with Crippen molar-refractivity contribution < 1.29 is 4.79 Å². The molecule has 0 aliphatic heterocycles. The second-order valence-electron chi connectivity index (χ2n) is 6.01. The molecule has 0 bridgehead atoms. The predicted molar refractivity (Wildman–Crippen MR) is 92.4 cm³/mol. The molecule has 2 amide bonds. The molecule has 0 spiro atoms. The Labute approximate surface area is 140 Å². The largest absolute Gasteiger partial charge is 0.334 e. The number of aryl methyl sites for hydroxylation is 1. The molecule has 1 N–H and O–H groups in total. The molecule has 2 aromatic heterocycles. The minimum Gasteiger partial charge on any atom is -0.334 e. The molecule has 0 aliphatic carbocycles. The molecule has 24 heavy (non-hydrogen) atoms. The number of fused-ring (bicyclic) bond motifs is 1. The molecule has 3 aromatic rings. The monoisotopic (exact) mass is 326 g/mol. The number of hydrogen-bond donors (Lipinski definition) is 1. The summed E-state index contributed by atoms with van der Waals surface area (Å²) in [4.78, 5) is 18.6. The van der Waals surface area contributed by atoms with Gasteiger partial charge in [-0.1, -0.05) is 12.1 Å². The number of carbonyl (C=O) groups is 1. The summed E-state index contributed by atoms with van der Waals surface area (Å²) in [5, 5.41) is 7.13. The first-order valence-corrected chi connectivity index (χ1v) is 7.94. The van der Waals surface area contributed by atoms with Crippen LogP contribution in [-0.2, 0) is 20.1 Å². The molecule has 0 fully saturated rings. The van der Waals surface area contributed by atoms with Crippen molar-refractivity contribution >= 4 is 17.1 Å². The number of hydrogen-bond acceptors (Lipinski definition) is 3. The highest BCUT2D eigenvalue weighted by Crippen LogP contribution is 2.15. The van der Waals surface area contributed by atoms with Crippen molar-refractivity contribution in [2.24, 2.45) is 7.05 Å². The van der Waals surface area contributed by atoms with E-state index in [1.54, 1.807) is 22.8 Å². The van der Waals surface area contributed by atoms with Crippen molar-refractivity contribution in [3.8, 4) is 0 Å². The third-order valence-corrected chi connectivity index (χ3v) is 4.00. The van der Waals surface area contributed by atoms with Crippen LogP contribution in [0.25, 0.3) is 11.0 Å². The van der Waals surface area contributed by atoms with E-state index < -0.39 is 0 Å². The number of carbonyl (C=O) groups excluding carboxylic acids is 1. The van der Waals surface area contributed by atoms with Gasteiger partial charge in [-0.3, -0.25) is 4.68 Å². The number of nitrogens with zero attached hydrogens (tertiary/aromatic N) is 5. The summed E-state index contributed by atoms with van der Waals surface area (Å²) in [5.41, 5.74) is 2.00. The molecular weight excluding hydrogens is 304 g/mol. The van der Waals surface area contributed by atoms with Gasteiger partial charge in [-0.2, -0.15) is 5.10 Å². The van der Waals surface area contributed by atoms with E-state index in [1.807, 2.05) is 55.1 Å². The van der Waals surface area contributed by atoms with Crippen LogP contribution >= 0.6 is 0 Å². The van der Waals surface area contributed by atoms with E-state index in [0.717, 1.165) is 16.9 Å². The lowest BCUT2D eigenvalue weighted by Gasteiger charge is -2.21. The maximum atomic E-state index is 12.4. The van der Waals surface area contributed by atoms with Crippen molar-refractivity contribution in [3.63, 3.8) is 0 Å². The van der Waals surface area contributed by atoms with Gasteiger partial charge in [-0.25, -0.2) is 9.78 Å². The lowest BCUT2D eigenvalue weighted by atomic mass is 10.3. The number of imidazole rings is 1. The maximum absolute atomic E-state index is 12.4. The van der Waals surface area contributed by atoms with Crippen LogP contribution in [0.1, 0.15) is 12.7 Å². The van der Waals surface area contributed by atoms with E-state index >= 15 is 0 Å². The molecule has 0 radical (unpaired) electrons. The Bertz CT molecular complexity index is 823. The van der Waals surface area contributed by atoms with Crippen LogP contribution in [0.3, 0.4) is 0 Å². The van der Waals surface area contributed by atoms with Gasteiger partial charge < -0.3 is 14.8 Å². The summed E-state index contributed by atoms with van der Waals surface area (Å²) in [6, 6.07) is 9.69. The summed E-state index contributed by atoms with van der Waals surface area (Å²) in [6.07, 6.45) is 3.61. The maximum Gasteiger partial charge on any atom is 0.317 e. The second kappa shape index (κ2) is 6.74. The van der Waals surface area contributed by atoms with Crippen molar-refractivity contribution in [2.75, 3.05) is 7.05 Å². The number of aromatic nitrogens is 4. The Balaban J connectivity index is 1.61. The highest BCUT2D eigenvalue weighted by Gasteiger charge is 2.16. The topological polar surface area (TPSA) is 68.0 Å². The zero-order valence-corrected chi connectivity index (χ0v) is 14.2. The number of amides is 2. The van der Waals surface area contributed by atoms with Crippen molar-refractivity contribution in [2.45, 2.75) is 26.1 Å². The number of rotatable bonds is 5. The van der Waals surface area contributed by atoms with Crippen molar-refractivity contribution in [3.05, 3.63) is 48.5 Å². The average Bonchev–Trinajstić information content (AvgIpc) is 3.16. The van der Waals surface area contributed by atoms with Gasteiger partial charge in [0, 0.05) is 32.5 Å². The lowest BCUT2D eigenvalue weighted by Crippen LogP contribution is -2.43. The lowest BCUT2D eigenvalue weighted by molar-refractivity contribution is 0.200.